The lowest BCUT2D eigenvalue weighted by Gasteiger charge is -2.35. The highest BCUT2D eigenvalue weighted by molar-refractivity contribution is 6.10. The fourth-order valence-electron chi connectivity index (χ4n) is 2.95. The van der Waals surface area contributed by atoms with Crippen LogP contribution >= 0.6 is 0 Å². The molecule has 2 rings (SSSR count). The highest BCUT2D eigenvalue weighted by Gasteiger charge is 2.56. The third kappa shape index (κ3) is 4.18. The van der Waals surface area contributed by atoms with Gasteiger partial charge in [-0.1, -0.05) is 30.3 Å². The van der Waals surface area contributed by atoms with Crippen molar-refractivity contribution in [2.75, 3.05) is 6.54 Å². The van der Waals surface area contributed by atoms with Crippen molar-refractivity contribution in [1.29, 1.82) is 0 Å². The van der Waals surface area contributed by atoms with E-state index >= 15 is 0 Å². The van der Waals surface area contributed by atoms with E-state index in [-0.39, 0.29) is 19.6 Å². The molecule has 0 saturated carbocycles. The second-order valence-corrected chi connectivity index (χ2v) is 7.21. The first-order valence-electron chi connectivity index (χ1n) is 8.39. The fraction of sp³-hybridized carbons (Fsp3) is 0.526. The van der Waals surface area contributed by atoms with Crippen molar-refractivity contribution in [3.63, 3.8) is 0 Å². The molecule has 1 aliphatic rings. The number of carbonyl (C=O) groups is 3. The molecule has 0 aliphatic carbocycles. The number of amides is 1. The maximum Gasteiger partial charge on any atom is 0.411 e. The van der Waals surface area contributed by atoms with Crippen LogP contribution in [0.4, 0.5) is 4.79 Å². The SMILES string of the molecule is CC(=O)C1(C(=O)OCc2ccccc2)CCCN1C(=O)OC(C)(C)C. The van der Waals surface area contributed by atoms with Crippen LogP contribution in [-0.2, 0) is 25.7 Å². The molecule has 0 aromatic heterocycles. The predicted molar refractivity (Wildman–Crippen MR) is 91.8 cm³/mol. The van der Waals surface area contributed by atoms with Gasteiger partial charge >= 0.3 is 12.1 Å². The highest BCUT2D eigenvalue weighted by atomic mass is 16.6. The molecule has 1 heterocycles. The third-order valence-electron chi connectivity index (χ3n) is 4.13. The molecule has 1 atom stereocenters. The van der Waals surface area contributed by atoms with Crippen LogP contribution in [-0.4, -0.2) is 40.4 Å². The number of rotatable bonds is 4. The summed E-state index contributed by atoms with van der Waals surface area (Å²) in [7, 11) is 0. The minimum Gasteiger partial charge on any atom is -0.459 e. The average Bonchev–Trinajstić information content (AvgIpc) is 2.98. The lowest BCUT2D eigenvalue weighted by atomic mass is 9.91. The van der Waals surface area contributed by atoms with Gasteiger partial charge in [0, 0.05) is 6.54 Å². The Bertz CT molecular complexity index is 650. The number of benzene rings is 1. The first-order valence-corrected chi connectivity index (χ1v) is 8.39. The summed E-state index contributed by atoms with van der Waals surface area (Å²) in [6.07, 6.45) is 0.117. The van der Waals surface area contributed by atoms with Gasteiger partial charge in [-0.3, -0.25) is 9.69 Å². The van der Waals surface area contributed by atoms with E-state index in [2.05, 4.69) is 0 Å². The zero-order valence-electron chi connectivity index (χ0n) is 15.2. The number of carbonyl (C=O) groups excluding carboxylic acids is 3. The summed E-state index contributed by atoms with van der Waals surface area (Å²) in [5.41, 5.74) is -1.50. The Hall–Kier alpha value is -2.37. The van der Waals surface area contributed by atoms with Crippen LogP contribution in [0.5, 0.6) is 0 Å². The van der Waals surface area contributed by atoms with Gasteiger partial charge in [-0.15, -0.1) is 0 Å². The molecule has 0 radical (unpaired) electrons. The van der Waals surface area contributed by atoms with Gasteiger partial charge in [-0.25, -0.2) is 9.59 Å². The smallest absolute Gasteiger partial charge is 0.411 e. The van der Waals surface area contributed by atoms with Crippen LogP contribution in [0.2, 0.25) is 0 Å². The van der Waals surface area contributed by atoms with Crippen molar-refractivity contribution < 1.29 is 23.9 Å². The second-order valence-electron chi connectivity index (χ2n) is 7.21. The van der Waals surface area contributed by atoms with Crippen LogP contribution in [0.3, 0.4) is 0 Å². The molecule has 0 N–H and O–H groups in total. The second kappa shape index (κ2) is 7.25. The summed E-state index contributed by atoms with van der Waals surface area (Å²) < 4.78 is 10.7. The van der Waals surface area contributed by atoms with Gasteiger partial charge in [-0.2, -0.15) is 0 Å². The Kier molecular flexibility index (Phi) is 5.50. The maximum atomic E-state index is 12.8. The minimum atomic E-state index is -1.60. The Morgan fingerprint density at radius 3 is 2.36 bits per heavy atom. The third-order valence-corrected chi connectivity index (χ3v) is 4.13. The van der Waals surface area contributed by atoms with Crippen LogP contribution in [0.1, 0.15) is 46.1 Å². The Morgan fingerprint density at radius 1 is 1.16 bits per heavy atom. The molecular weight excluding hydrogens is 322 g/mol. The zero-order valence-corrected chi connectivity index (χ0v) is 15.2. The number of ketones is 1. The van der Waals surface area contributed by atoms with E-state index in [9.17, 15) is 14.4 Å². The number of ether oxygens (including phenoxy) is 2. The van der Waals surface area contributed by atoms with E-state index in [1.54, 1.807) is 20.8 Å². The van der Waals surface area contributed by atoms with Crippen molar-refractivity contribution in [1.82, 2.24) is 4.90 Å². The monoisotopic (exact) mass is 347 g/mol. The first-order chi connectivity index (χ1) is 11.7. The van der Waals surface area contributed by atoms with Gasteiger partial charge in [0.05, 0.1) is 0 Å². The van der Waals surface area contributed by atoms with Crippen molar-refractivity contribution in [2.24, 2.45) is 0 Å². The van der Waals surface area contributed by atoms with Gasteiger partial charge < -0.3 is 9.47 Å². The molecule has 6 heteroatoms. The lowest BCUT2D eigenvalue weighted by molar-refractivity contribution is -0.161. The van der Waals surface area contributed by atoms with Gasteiger partial charge in [-0.05, 0) is 46.1 Å². The molecule has 1 fully saturated rings. The summed E-state index contributed by atoms with van der Waals surface area (Å²) in [6, 6.07) is 9.20. The minimum absolute atomic E-state index is 0.0524. The summed E-state index contributed by atoms with van der Waals surface area (Å²) in [4.78, 5) is 38.8. The van der Waals surface area contributed by atoms with E-state index in [1.807, 2.05) is 30.3 Å². The molecule has 0 spiro atoms. The summed E-state index contributed by atoms with van der Waals surface area (Å²) >= 11 is 0. The van der Waals surface area contributed by atoms with E-state index in [0.29, 0.717) is 6.42 Å². The van der Waals surface area contributed by atoms with Crippen molar-refractivity contribution in [3.8, 4) is 0 Å². The van der Waals surface area contributed by atoms with Crippen molar-refractivity contribution in [3.05, 3.63) is 35.9 Å². The quantitative estimate of drug-likeness (QED) is 0.618. The topological polar surface area (TPSA) is 72.9 Å². The Morgan fingerprint density at radius 2 is 1.80 bits per heavy atom. The van der Waals surface area contributed by atoms with E-state index in [1.165, 1.54) is 11.8 Å². The van der Waals surface area contributed by atoms with Crippen molar-refractivity contribution >= 4 is 17.8 Å². The van der Waals surface area contributed by atoms with Crippen LogP contribution in [0, 0.1) is 0 Å². The van der Waals surface area contributed by atoms with Gasteiger partial charge in [0.25, 0.3) is 0 Å². The van der Waals surface area contributed by atoms with Crippen molar-refractivity contribution in [2.45, 2.75) is 58.3 Å². The summed E-state index contributed by atoms with van der Waals surface area (Å²) in [6.45, 7) is 6.87. The van der Waals surface area contributed by atoms with Gasteiger partial charge in [0.1, 0.15) is 12.2 Å². The molecule has 1 aromatic carbocycles. The summed E-state index contributed by atoms with van der Waals surface area (Å²) in [5.74, 6) is -1.11. The number of likely N-dealkylation sites (tertiary alicyclic amines) is 1. The molecular formula is C19H25NO5. The predicted octanol–water partition coefficient (Wildman–Crippen LogP) is 3.09. The van der Waals surface area contributed by atoms with Crippen LogP contribution in [0.25, 0.3) is 0 Å². The number of nitrogens with zero attached hydrogens (tertiary/aromatic N) is 1. The van der Waals surface area contributed by atoms with Gasteiger partial charge in [0.2, 0.25) is 5.54 Å². The first kappa shape index (κ1) is 19.0. The van der Waals surface area contributed by atoms with E-state index in [0.717, 1.165) is 5.56 Å². The number of hydrogen-bond acceptors (Lipinski definition) is 5. The largest absolute Gasteiger partial charge is 0.459 e. The van der Waals surface area contributed by atoms with Crippen LogP contribution in [0.15, 0.2) is 30.3 Å². The average molecular weight is 347 g/mol. The molecule has 1 saturated heterocycles. The molecule has 136 valence electrons. The van der Waals surface area contributed by atoms with E-state index < -0.39 is 29.0 Å². The summed E-state index contributed by atoms with van der Waals surface area (Å²) in [5, 5.41) is 0. The fourth-order valence-corrected chi connectivity index (χ4v) is 2.95. The molecule has 25 heavy (non-hydrogen) atoms. The Labute approximate surface area is 148 Å². The molecule has 6 nitrogen and oxygen atoms in total. The maximum absolute atomic E-state index is 12.8. The normalized spacial score (nSPS) is 20.2. The van der Waals surface area contributed by atoms with Crippen LogP contribution < -0.4 is 0 Å². The number of esters is 1. The Balaban J connectivity index is 2.19. The standard InChI is InChI=1S/C19H25NO5/c1-14(21)19(16(22)24-13-15-9-6-5-7-10-15)11-8-12-20(19)17(23)25-18(2,3)4/h5-7,9-10H,8,11-13H2,1-4H3. The number of Topliss-reactive ketones (excluding diaryl/α,β-unsaturated/α-hetero) is 1. The van der Waals surface area contributed by atoms with Gasteiger partial charge in [0.15, 0.2) is 5.78 Å². The highest BCUT2D eigenvalue weighted by Crippen LogP contribution is 2.33. The molecule has 1 aliphatic heterocycles. The lowest BCUT2D eigenvalue weighted by Crippen LogP contribution is -2.59. The molecule has 0 bridgehead atoms. The molecule has 1 unspecified atom stereocenters. The van der Waals surface area contributed by atoms with E-state index in [4.69, 9.17) is 9.47 Å². The molecule has 1 aromatic rings. The number of hydrogen-bond donors (Lipinski definition) is 0. The molecule has 1 amide bonds. The zero-order chi connectivity index (χ0) is 18.7.